The molecular formula is C21H28N2O4. The van der Waals surface area contributed by atoms with Crippen molar-refractivity contribution in [2.75, 3.05) is 0 Å². The highest BCUT2D eigenvalue weighted by Gasteiger charge is 2.35. The lowest BCUT2D eigenvalue weighted by Gasteiger charge is -2.32. The third-order valence-corrected chi connectivity index (χ3v) is 5.54. The summed E-state index contributed by atoms with van der Waals surface area (Å²) in [7, 11) is 0. The van der Waals surface area contributed by atoms with Crippen LogP contribution in [0.3, 0.4) is 0 Å². The Labute approximate surface area is 160 Å². The smallest absolute Gasteiger partial charge is 0.338 e. The number of benzene rings is 1. The molecule has 2 amide bonds. The molecule has 1 unspecified atom stereocenters. The van der Waals surface area contributed by atoms with Gasteiger partial charge in [0.1, 0.15) is 11.9 Å². The van der Waals surface area contributed by atoms with Gasteiger partial charge in [0.15, 0.2) is 0 Å². The van der Waals surface area contributed by atoms with E-state index in [9.17, 15) is 14.7 Å². The van der Waals surface area contributed by atoms with Crippen LogP contribution in [0.5, 0.6) is 5.75 Å². The van der Waals surface area contributed by atoms with Gasteiger partial charge < -0.3 is 20.5 Å². The Morgan fingerprint density at radius 1 is 1.30 bits per heavy atom. The fourth-order valence-electron chi connectivity index (χ4n) is 4.02. The Morgan fingerprint density at radius 3 is 2.70 bits per heavy atom. The van der Waals surface area contributed by atoms with Crippen molar-refractivity contribution >= 4 is 12.0 Å². The zero-order valence-corrected chi connectivity index (χ0v) is 16.0. The standard InChI is InChI=1S/C21H28N2O4/c1-3-17-18(20(25)27-13(2)14-8-5-4-6-9-14)19(23-21(26)22-17)15-10-7-11-16(24)12-15/h7,10-14,19,24H,3-6,8-9H2,1-2H3,(H2,22,23,26)/t13-,19?/m0/s1. The fraction of sp³-hybridized carbons (Fsp3) is 0.524. The van der Waals surface area contributed by atoms with E-state index in [4.69, 9.17) is 4.74 Å². The van der Waals surface area contributed by atoms with Crippen LogP contribution in [0.15, 0.2) is 35.5 Å². The lowest BCUT2D eigenvalue weighted by atomic mass is 9.86. The van der Waals surface area contributed by atoms with Gasteiger partial charge >= 0.3 is 12.0 Å². The Bertz CT molecular complexity index is 737. The second-order valence-corrected chi connectivity index (χ2v) is 7.38. The van der Waals surface area contributed by atoms with Gasteiger partial charge in [-0.1, -0.05) is 38.3 Å². The highest BCUT2D eigenvalue weighted by Crippen LogP contribution is 2.33. The topological polar surface area (TPSA) is 87.7 Å². The highest BCUT2D eigenvalue weighted by atomic mass is 16.5. The average Bonchev–Trinajstić information content (AvgIpc) is 2.67. The molecule has 6 nitrogen and oxygen atoms in total. The lowest BCUT2D eigenvalue weighted by Crippen LogP contribution is -2.46. The summed E-state index contributed by atoms with van der Waals surface area (Å²) in [6.45, 7) is 3.84. The molecule has 1 aromatic rings. The highest BCUT2D eigenvalue weighted by molar-refractivity contribution is 5.95. The second-order valence-electron chi connectivity index (χ2n) is 7.38. The zero-order chi connectivity index (χ0) is 19.4. The number of phenolic OH excluding ortho intramolecular Hbond substituents is 1. The van der Waals surface area contributed by atoms with Gasteiger partial charge in [-0.2, -0.15) is 0 Å². The van der Waals surface area contributed by atoms with Crippen LogP contribution < -0.4 is 10.6 Å². The molecule has 146 valence electrons. The number of carbonyl (C=O) groups excluding carboxylic acids is 2. The molecule has 1 fully saturated rings. The van der Waals surface area contributed by atoms with Crippen molar-refractivity contribution in [2.45, 2.75) is 64.5 Å². The summed E-state index contributed by atoms with van der Waals surface area (Å²) in [4.78, 5) is 25.1. The molecule has 0 aromatic heterocycles. The number of nitrogens with one attached hydrogen (secondary N) is 2. The largest absolute Gasteiger partial charge is 0.508 e. The third-order valence-electron chi connectivity index (χ3n) is 5.54. The van der Waals surface area contributed by atoms with Crippen LogP contribution in [0.4, 0.5) is 4.79 Å². The minimum absolute atomic E-state index is 0.0848. The Morgan fingerprint density at radius 2 is 2.04 bits per heavy atom. The number of urea groups is 1. The number of hydrogen-bond acceptors (Lipinski definition) is 4. The number of allylic oxidation sites excluding steroid dienone is 1. The van der Waals surface area contributed by atoms with Crippen LogP contribution >= 0.6 is 0 Å². The van der Waals surface area contributed by atoms with Gasteiger partial charge in [-0.3, -0.25) is 0 Å². The molecule has 2 aliphatic rings. The van der Waals surface area contributed by atoms with Crippen molar-refractivity contribution in [1.82, 2.24) is 10.6 Å². The molecule has 1 aliphatic carbocycles. The maximum atomic E-state index is 13.1. The predicted molar refractivity (Wildman–Crippen MR) is 102 cm³/mol. The molecule has 2 atom stereocenters. The van der Waals surface area contributed by atoms with Crippen LogP contribution in [0, 0.1) is 5.92 Å². The first-order chi connectivity index (χ1) is 13.0. The molecule has 3 rings (SSSR count). The van der Waals surface area contributed by atoms with E-state index >= 15 is 0 Å². The molecular weight excluding hydrogens is 344 g/mol. The molecule has 0 radical (unpaired) electrons. The van der Waals surface area contributed by atoms with Crippen molar-refractivity contribution in [3.63, 3.8) is 0 Å². The molecule has 6 heteroatoms. The van der Waals surface area contributed by atoms with Crippen LogP contribution in [-0.2, 0) is 9.53 Å². The Balaban J connectivity index is 1.87. The maximum Gasteiger partial charge on any atom is 0.338 e. The number of rotatable bonds is 5. The number of ether oxygens (including phenoxy) is 1. The molecule has 0 spiro atoms. The summed E-state index contributed by atoms with van der Waals surface area (Å²) in [6.07, 6.45) is 6.12. The lowest BCUT2D eigenvalue weighted by molar-refractivity contribution is -0.147. The van der Waals surface area contributed by atoms with Crippen molar-refractivity contribution in [1.29, 1.82) is 0 Å². The Hall–Kier alpha value is -2.50. The number of carbonyl (C=O) groups is 2. The van der Waals surface area contributed by atoms with E-state index in [0.29, 0.717) is 29.2 Å². The van der Waals surface area contributed by atoms with E-state index in [-0.39, 0.29) is 17.9 Å². The van der Waals surface area contributed by atoms with Crippen molar-refractivity contribution in [3.05, 3.63) is 41.1 Å². The van der Waals surface area contributed by atoms with Gasteiger partial charge in [-0.15, -0.1) is 0 Å². The number of esters is 1. The van der Waals surface area contributed by atoms with Gasteiger partial charge in [-0.25, -0.2) is 9.59 Å². The zero-order valence-electron chi connectivity index (χ0n) is 16.0. The molecule has 0 bridgehead atoms. The minimum atomic E-state index is -0.646. The fourth-order valence-corrected chi connectivity index (χ4v) is 4.02. The van der Waals surface area contributed by atoms with Crippen molar-refractivity contribution < 1.29 is 19.4 Å². The van der Waals surface area contributed by atoms with E-state index < -0.39 is 12.0 Å². The van der Waals surface area contributed by atoms with Crippen LogP contribution in [0.2, 0.25) is 0 Å². The summed E-state index contributed by atoms with van der Waals surface area (Å²) in [5, 5.41) is 15.3. The normalized spacial score (nSPS) is 22.0. The Kier molecular flexibility index (Phi) is 6.04. The van der Waals surface area contributed by atoms with E-state index in [2.05, 4.69) is 10.6 Å². The van der Waals surface area contributed by atoms with Crippen molar-refractivity contribution in [3.8, 4) is 5.75 Å². The molecule has 1 aromatic carbocycles. The van der Waals surface area contributed by atoms with E-state index in [1.165, 1.54) is 19.3 Å². The first kappa shape index (κ1) is 19.3. The molecule has 1 saturated carbocycles. The summed E-state index contributed by atoms with van der Waals surface area (Å²) in [5.74, 6) is 0.0612. The summed E-state index contributed by atoms with van der Waals surface area (Å²) >= 11 is 0. The SMILES string of the molecule is CCC1=C(C(=O)O[C@@H](C)C2CCCCC2)C(c2cccc(O)c2)NC(=O)N1. The monoisotopic (exact) mass is 372 g/mol. The van der Waals surface area contributed by atoms with Gasteiger partial charge in [0.25, 0.3) is 0 Å². The van der Waals surface area contributed by atoms with Gasteiger partial charge in [0.2, 0.25) is 0 Å². The van der Waals surface area contributed by atoms with E-state index in [1.54, 1.807) is 24.3 Å². The number of amides is 2. The first-order valence-electron chi connectivity index (χ1n) is 9.80. The molecule has 0 saturated heterocycles. The molecule has 3 N–H and O–H groups in total. The average molecular weight is 372 g/mol. The third kappa shape index (κ3) is 4.43. The molecule has 1 aliphatic heterocycles. The van der Waals surface area contributed by atoms with Crippen LogP contribution in [-0.4, -0.2) is 23.2 Å². The minimum Gasteiger partial charge on any atom is -0.508 e. The maximum absolute atomic E-state index is 13.1. The van der Waals surface area contributed by atoms with Gasteiger partial charge in [0.05, 0.1) is 11.6 Å². The quantitative estimate of drug-likeness (QED) is 0.684. The summed E-state index contributed by atoms with van der Waals surface area (Å²) < 4.78 is 5.83. The van der Waals surface area contributed by atoms with E-state index in [0.717, 1.165) is 12.8 Å². The van der Waals surface area contributed by atoms with Crippen LogP contribution in [0.1, 0.15) is 64.0 Å². The molecule has 27 heavy (non-hydrogen) atoms. The number of aromatic hydroxyl groups is 1. The number of hydrogen-bond donors (Lipinski definition) is 3. The summed E-state index contributed by atoms with van der Waals surface area (Å²) in [6, 6.07) is 5.57. The second kappa shape index (κ2) is 8.46. The summed E-state index contributed by atoms with van der Waals surface area (Å²) in [5.41, 5.74) is 1.62. The van der Waals surface area contributed by atoms with Gasteiger partial charge in [-0.05, 0) is 49.8 Å². The predicted octanol–water partition coefficient (Wildman–Crippen LogP) is 3.92. The van der Waals surface area contributed by atoms with Crippen LogP contribution in [0.25, 0.3) is 0 Å². The number of phenols is 1. The van der Waals surface area contributed by atoms with Crippen molar-refractivity contribution in [2.24, 2.45) is 5.92 Å². The molecule has 1 heterocycles. The first-order valence-corrected chi connectivity index (χ1v) is 9.80. The van der Waals surface area contributed by atoms with E-state index in [1.807, 2.05) is 13.8 Å². The van der Waals surface area contributed by atoms with Gasteiger partial charge in [0, 0.05) is 5.70 Å².